The average Bonchev–Trinajstić information content (AvgIpc) is 2.46. The fraction of sp³-hybridized carbons (Fsp3) is 0.588. The van der Waals surface area contributed by atoms with Crippen LogP contribution in [-0.4, -0.2) is 36.5 Å². The van der Waals surface area contributed by atoms with E-state index < -0.39 is 0 Å². The molecule has 0 unspecified atom stereocenters. The summed E-state index contributed by atoms with van der Waals surface area (Å²) in [4.78, 5) is 13.0. The highest BCUT2D eigenvalue weighted by molar-refractivity contribution is 5.75. The van der Waals surface area contributed by atoms with Gasteiger partial charge in [0.25, 0.3) is 0 Å². The number of nitrogens with zero attached hydrogens (tertiary/aromatic N) is 1. The van der Waals surface area contributed by atoms with Gasteiger partial charge in [-0.15, -0.1) is 0 Å². The number of primary amides is 1. The third-order valence-corrected chi connectivity index (χ3v) is 4.21. The predicted octanol–water partition coefficient (Wildman–Crippen LogP) is 1.85. The quantitative estimate of drug-likeness (QED) is 0.840. The maximum atomic E-state index is 10.9. The molecule has 21 heavy (non-hydrogen) atoms. The SMILES string of the molecule is CC(C)c1ccc(CNC2CCN(CC(N)=O)CC2)cc1. The third kappa shape index (κ3) is 5.14. The molecule has 0 aliphatic carbocycles. The first-order chi connectivity index (χ1) is 10.0. The van der Waals surface area contributed by atoms with E-state index in [1.54, 1.807) is 0 Å². The largest absolute Gasteiger partial charge is 0.369 e. The Kier molecular flexibility index (Phi) is 5.76. The van der Waals surface area contributed by atoms with Gasteiger partial charge < -0.3 is 11.1 Å². The molecule has 1 fully saturated rings. The molecular weight excluding hydrogens is 262 g/mol. The highest BCUT2D eigenvalue weighted by atomic mass is 16.1. The van der Waals surface area contributed by atoms with E-state index in [1.807, 2.05) is 0 Å². The second kappa shape index (κ2) is 7.57. The van der Waals surface area contributed by atoms with Crippen LogP contribution >= 0.6 is 0 Å². The molecule has 116 valence electrons. The molecule has 0 aromatic heterocycles. The summed E-state index contributed by atoms with van der Waals surface area (Å²) in [7, 11) is 0. The lowest BCUT2D eigenvalue weighted by molar-refractivity contribution is -0.119. The summed E-state index contributed by atoms with van der Waals surface area (Å²) in [6.45, 7) is 7.64. The van der Waals surface area contributed by atoms with Gasteiger partial charge in [0.15, 0.2) is 0 Å². The van der Waals surface area contributed by atoms with Crippen molar-refractivity contribution in [3.05, 3.63) is 35.4 Å². The molecular formula is C17H27N3O. The summed E-state index contributed by atoms with van der Waals surface area (Å²) in [6, 6.07) is 9.41. The Morgan fingerprint density at radius 2 is 1.90 bits per heavy atom. The van der Waals surface area contributed by atoms with Crippen molar-refractivity contribution in [2.75, 3.05) is 19.6 Å². The van der Waals surface area contributed by atoms with Gasteiger partial charge in [-0.2, -0.15) is 0 Å². The molecule has 4 heteroatoms. The van der Waals surface area contributed by atoms with Crippen LogP contribution in [0.3, 0.4) is 0 Å². The molecule has 0 radical (unpaired) electrons. The summed E-state index contributed by atoms with van der Waals surface area (Å²) in [6.07, 6.45) is 2.16. The molecule has 0 spiro atoms. The lowest BCUT2D eigenvalue weighted by Crippen LogP contribution is -2.45. The van der Waals surface area contributed by atoms with Crippen molar-refractivity contribution in [1.82, 2.24) is 10.2 Å². The molecule has 3 N–H and O–H groups in total. The van der Waals surface area contributed by atoms with E-state index in [0.717, 1.165) is 32.5 Å². The Balaban J connectivity index is 1.73. The molecule has 0 atom stereocenters. The highest BCUT2D eigenvalue weighted by Crippen LogP contribution is 2.15. The van der Waals surface area contributed by atoms with Crippen molar-refractivity contribution in [1.29, 1.82) is 0 Å². The summed E-state index contributed by atoms with van der Waals surface area (Å²) in [5, 5.41) is 3.62. The first kappa shape index (κ1) is 16.0. The van der Waals surface area contributed by atoms with E-state index in [1.165, 1.54) is 11.1 Å². The fourth-order valence-corrected chi connectivity index (χ4v) is 2.80. The van der Waals surface area contributed by atoms with E-state index in [-0.39, 0.29) is 5.91 Å². The molecule has 1 amide bonds. The van der Waals surface area contributed by atoms with Gasteiger partial charge >= 0.3 is 0 Å². The topological polar surface area (TPSA) is 58.4 Å². The van der Waals surface area contributed by atoms with E-state index in [0.29, 0.717) is 18.5 Å². The maximum absolute atomic E-state index is 10.9. The molecule has 1 aromatic carbocycles. The molecule has 0 saturated carbocycles. The summed E-state index contributed by atoms with van der Waals surface area (Å²) in [5.41, 5.74) is 7.95. The molecule has 0 bridgehead atoms. The first-order valence-electron chi connectivity index (χ1n) is 7.87. The van der Waals surface area contributed by atoms with Gasteiger partial charge in [0, 0.05) is 25.7 Å². The number of benzene rings is 1. The Labute approximate surface area is 127 Å². The van der Waals surface area contributed by atoms with Gasteiger partial charge in [-0.3, -0.25) is 9.69 Å². The van der Waals surface area contributed by atoms with Crippen LogP contribution in [0.4, 0.5) is 0 Å². The molecule has 1 aliphatic heterocycles. The number of amides is 1. The second-order valence-electron chi connectivity index (χ2n) is 6.29. The van der Waals surface area contributed by atoms with Gasteiger partial charge in [0.2, 0.25) is 5.91 Å². The van der Waals surface area contributed by atoms with Gasteiger partial charge in [0.1, 0.15) is 0 Å². The molecule has 1 heterocycles. The minimum absolute atomic E-state index is 0.230. The van der Waals surface area contributed by atoms with Crippen LogP contribution in [0.25, 0.3) is 0 Å². The first-order valence-corrected chi connectivity index (χ1v) is 7.87. The van der Waals surface area contributed by atoms with Crippen molar-refractivity contribution < 1.29 is 4.79 Å². The number of carbonyl (C=O) groups excluding carboxylic acids is 1. The highest BCUT2D eigenvalue weighted by Gasteiger charge is 2.19. The van der Waals surface area contributed by atoms with Gasteiger partial charge in [-0.25, -0.2) is 0 Å². The standard InChI is InChI=1S/C17H27N3O/c1-13(2)15-5-3-14(4-6-15)11-19-16-7-9-20(10-8-16)12-17(18)21/h3-6,13,16,19H,7-12H2,1-2H3,(H2,18,21). The number of piperidine rings is 1. The zero-order valence-electron chi connectivity index (χ0n) is 13.1. The van der Waals surface area contributed by atoms with Crippen LogP contribution in [0, 0.1) is 0 Å². The number of hydrogen-bond acceptors (Lipinski definition) is 3. The van der Waals surface area contributed by atoms with Crippen molar-refractivity contribution in [2.24, 2.45) is 5.73 Å². The number of nitrogens with one attached hydrogen (secondary N) is 1. The van der Waals surface area contributed by atoms with Crippen LogP contribution in [0.2, 0.25) is 0 Å². The van der Waals surface area contributed by atoms with Crippen LogP contribution in [0.1, 0.15) is 43.7 Å². The molecule has 1 aromatic rings. The fourth-order valence-electron chi connectivity index (χ4n) is 2.80. The summed E-state index contributed by atoms with van der Waals surface area (Å²) in [5.74, 6) is 0.355. The number of carbonyl (C=O) groups is 1. The van der Waals surface area contributed by atoms with Crippen molar-refractivity contribution >= 4 is 5.91 Å². The second-order valence-corrected chi connectivity index (χ2v) is 6.29. The minimum Gasteiger partial charge on any atom is -0.369 e. The van der Waals surface area contributed by atoms with E-state index in [2.05, 4.69) is 48.3 Å². The molecule has 2 rings (SSSR count). The predicted molar refractivity (Wildman–Crippen MR) is 86.0 cm³/mol. The Bertz CT molecular complexity index is 448. The molecule has 4 nitrogen and oxygen atoms in total. The Hall–Kier alpha value is -1.39. The van der Waals surface area contributed by atoms with E-state index >= 15 is 0 Å². The Morgan fingerprint density at radius 1 is 1.29 bits per heavy atom. The van der Waals surface area contributed by atoms with E-state index in [4.69, 9.17) is 5.73 Å². The van der Waals surface area contributed by atoms with Crippen molar-refractivity contribution in [3.8, 4) is 0 Å². The number of rotatable bonds is 6. The Morgan fingerprint density at radius 3 is 2.43 bits per heavy atom. The monoisotopic (exact) mass is 289 g/mol. The summed E-state index contributed by atoms with van der Waals surface area (Å²) >= 11 is 0. The number of likely N-dealkylation sites (tertiary alicyclic amines) is 1. The van der Waals surface area contributed by atoms with E-state index in [9.17, 15) is 4.79 Å². The maximum Gasteiger partial charge on any atom is 0.231 e. The lowest BCUT2D eigenvalue weighted by Gasteiger charge is -2.31. The van der Waals surface area contributed by atoms with Crippen LogP contribution in [-0.2, 0) is 11.3 Å². The number of hydrogen-bond donors (Lipinski definition) is 2. The lowest BCUT2D eigenvalue weighted by atomic mass is 10.0. The van der Waals surface area contributed by atoms with Crippen LogP contribution in [0.5, 0.6) is 0 Å². The third-order valence-electron chi connectivity index (χ3n) is 4.21. The zero-order chi connectivity index (χ0) is 15.2. The number of nitrogens with two attached hydrogens (primary N) is 1. The van der Waals surface area contributed by atoms with Crippen LogP contribution < -0.4 is 11.1 Å². The van der Waals surface area contributed by atoms with Gasteiger partial charge in [0.05, 0.1) is 6.54 Å². The van der Waals surface area contributed by atoms with Gasteiger partial charge in [-0.1, -0.05) is 38.1 Å². The molecule has 1 aliphatic rings. The van der Waals surface area contributed by atoms with Crippen molar-refractivity contribution in [3.63, 3.8) is 0 Å². The smallest absolute Gasteiger partial charge is 0.231 e. The van der Waals surface area contributed by atoms with Gasteiger partial charge in [-0.05, 0) is 29.9 Å². The normalized spacial score (nSPS) is 17.3. The minimum atomic E-state index is -0.230. The summed E-state index contributed by atoms with van der Waals surface area (Å²) < 4.78 is 0. The molecule has 1 saturated heterocycles. The van der Waals surface area contributed by atoms with Crippen LogP contribution in [0.15, 0.2) is 24.3 Å². The zero-order valence-corrected chi connectivity index (χ0v) is 13.1. The van der Waals surface area contributed by atoms with Crippen molar-refractivity contribution in [2.45, 2.75) is 45.2 Å². The average molecular weight is 289 g/mol.